The van der Waals surface area contributed by atoms with Crippen LogP contribution in [0.25, 0.3) is 10.9 Å². The molecule has 0 aliphatic carbocycles. The highest BCUT2D eigenvalue weighted by atomic mass is 16.5. The summed E-state index contributed by atoms with van der Waals surface area (Å²) in [6.07, 6.45) is 11.0. The number of likely N-dealkylation sites (tertiary alicyclic amines) is 1. The highest BCUT2D eigenvalue weighted by molar-refractivity contribution is 5.93. The zero-order valence-electron chi connectivity index (χ0n) is 18.1. The van der Waals surface area contributed by atoms with E-state index in [-0.39, 0.29) is 17.9 Å². The summed E-state index contributed by atoms with van der Waals surface area (Å²) in [7, 11) is 0. The van der Waals surface area contributed by atoms with Crippen LogP contribution in [0.4, 0.5) is 0 Å². The number of hydrogen-bond donors (Lipinski definition) is 2. The van der Waals surface area contributed by atoms with E-state index in [2.05, 4.69) is 29.4 Å². The number of amides is 2. The maximum absolute atomic E-state index is 13.3. The number of fused-ring (bicyclic) bond motifs is 2. The molecule has 6 nitrogen and oxygen atoms in total. The molecule has 2 saturated heterocycles. The van der Waals surface area contributed by atoms with Crippen LogP contribution in [0.15, 0.2) is 42.6 Å². The third-order valence-corrected chi connectivity index (χ3v) is 7.14. The first-order valence-corrected chi connectivity index (χ1v) is 11.6. The first-order chi connectivity index (χ1) is 15.1. The minimum atomic E-state index is -0.633. The van der Waals surface area contributed by atoms with Crippen molar-refractivity contribution in [1.29, 1.82) is 0 Å². The van der Waals surface area contributed by atoms with Gasteiger partial charge in [-0.2, -0.15) is 0 Å². The molecule has 0 unspecified atom stereocenters. The standard InChI is InChI=1S/C25H31N3O3/c1-2-3-4-7-13-26-23(29)21-20-10-12-25(31-20)16-28(24(30)22(21)25)14-11-17-15-27-19-9-6-5-8-18(17)19/h5-6,8-10,12,15,20-22,27H,2-4,7,11,13-14,16H2,1H3,(H,26,29)/t20-,21+,22-,25+/m1/s1. The molecule has 1 aromatic heterocycles. The van der Waals surface area contributed by atoms with Crippen molar-refractivity contribution >= 4 is 22.7 Å². The Kier molecular flexibility index (Phi) is 5.34. The van der Waals surface area contributed by atoms with Crippen LogP contribution in [0, 0.1) is 11.8 Å². The number of aromatic nitrogens is 1. The second kappa shape index (κ2) is 8.15. The number of hydrogen-bond acceptors (Lipinski definition) is 3. The summed E-state index contributed by atoms with van der Waals surface area (Å²) >= 11 is 0. The van der Waals surface area contributed by atoms with Crippen LogP contribution in [0.5, 0.6) is 0 Å². The summed E-state index contributed by atoms with van der Waals surface area (Å²) in [5, 5.41) is 4.26. The molecule has 2 fully saturated rings. The number of ether oxygens (including phenoxy) is 1. The molecule has 4 atom stereocenters. The van der Waals surface area contributed by atoms with Crippen molar-refractivity contribution in [2.45, 2.75) is 50.7 Å². The van der Waals surface area contributed by atoms with Gasteiger partial charge in [-0.05, 0) is 24.5 Å². The molecule has 2 aromatic rings. The Balaban J connectivity index is 1.24. The number of nitrogens with zero attached hydrogens (tertiary/aromatic N) is 1. The van der Waals surface area contributed by atoms with E-state index < -0.39 is 17.4 Å². The van der Waals surface area contributed by atoms with E-state index in [0.717, 1.165) is 24.8 Å². The zero-order valence-corrected chi connectivity index (χ0v) is 18.1. The first kappa shape index (κ1) is 20.3. The zero-order chi connectivity index (χ0) is 21.4. The Morgan fingerprint density at radius 1 is 1.29 bits per heavy atom. The van der Waals surface area contributed by atoms with Gasteiger partial charge in [-0.3, -0.25) is 9.59 Å². The van der Waals surface area contributed by atoms with Crippen LogP contribution < -0.4 is 5.32 Å². The van der Waals surface area contributed by atoms with Crippen molar-refractivity contribution in [2.24, 2.45) is 11.8 Å². The first-order valence-electron chi connectivity index (χ1n) is 11.6. The SMILES string of the molecule is CCCCCCNC(=O)[C@H]1[C@H]2C=C[C@@]3(CN(CCc4c[nH]c5ccccc45)C(=O)[C@@H]13)O2. The van der Waals surface area contributed by atoms with Crippen molar-refractivity contribution < 1.29 is 14.3 Å². The Morgan fingerprint density at radius 2 is 2.16 bits per heavy atom. The molecule has 3 aliphatic heterocycles. The lowest BCUT2D eigenvalue weighted by Gasteiger charge is -2.23. The van der Waals surface area contributed by atoms with Gasteiger partial charge in [0.05, 0.1) is 24.5 Å². The van der Waals surface area contributed by atoms with Gasteiger partial charge in [-0.25, -0.2) is 0 Å². The minimum Gasteiger partial charge on any atom is -0.361 e. The maximum atomic E-state index is 13.3. The highest BCUT2D eigenvalue weighted by Gasteiger charge is 2.66. The van der Waals surface area contributed by atoms with Gasteiger partial charge in [0, 0.05) is 30.2 Å². The van der Waals surface area contributed by atoms with Crippen molar-refractivity contribution in [2.75, 3.05) is 19.6 Å². The van der Waals surface area contributed by atoms with E-state index >= 15 is 0 Å². The Hall–Kier alpha value is -2.60. The molecule has 3 aliphatic rings. The molecule has 0 saturated carbocycles. The topological polar surface area (TPSA) is 74.4 Å². The number of H-pyrrole nitrogens is 1. The molecule has 164 valence electrons. The fourth-order valence-corrected chi connectivity index (χ4v) is 5.54. The lowest BCUT2D eigenvalue weighted by molar-refractivity contribution is -0.137. The number of carbonyl (C=O) groups excluding carboxylic acids is 2. The monoisotopic (exact) mass is 421 g/mol. The largest absolute Gasteiger partial charge is 0.361 e. The quantitative estimate of drug-likeness (QED) is 0.482. The normalized spacial score (nSPS) is 28.6. The van der Waals surface area contributed by atoms with E-state index in [1.54, 1.807) is 0 Å². The molecule has 0 radical (unpaired) electrons. The Labute approximate surface area is 183 Å². The predicted molar refractivity (Wildman–Crippen MR) is 119 cm³/mol. The van der Waals surface area contributed by atoms with Gasteiger partial charge in [-0.1, -0.05) is 56.5 Å². The van der Waals surface area contributed by atoms with Gasteiger partial charge in [0.1, 0.15) is 5.60 Å². The number of nitrogens with one attached hydrogen (secondary N) is 2. The number of rotatable bonds is 9. The van der Waals surface area contributed by atoms with E-state index in [1.807, 2.05) is 35.4 Å². The number of unbranched alkanes of at least 4 members (excludes halogenated alkanes) is 3. The third-order valence-electron chi connectivity index (χ3n) is 7.14. The summed E-state index contributed by atoms with van der Waals surface area (Å²) in [4.78, 5) is 31.5. The summed E-state index contributed by atoms with van der Waals surface area (Å²) < 4.78 is 6.23. The predicted octanol–water partition coefficient (Wildman–Crippen LogP) is 3.19. The summed E-state index contributed by atoms with van der Waals surface area (Å²) in [5.74, 6) is -0.801. The molecular formula is C25H31N3O3. The average Bonchev–Trinajstić information content (AvgIpc) is 3.52. The van der Waals surface area contributed by atoms with E-state index in [4.69, 9.17) is 4.74 Å². The van der Waals surface area contributed by atoms with E-state index in [9.17, 15) is 9.59 Å². The molecule has 4 heterocycles. The highest BCUT2D eigenvalue weighted by Crippen LogP contribution is 2.51. The Bertz CT molecular complexity index is 1010. The lowest BCUT2D eigenvalue weighted by atomic mass is 9.77. The summed E-state index contributed by atoms with van der Waals surface area (Å²) in [6, 6.07) is 8.22. The number of para-hydroxylation sites is 1. The van der Waals surface area contributed by atoms with Crippen LogP contribution in [-0.2, 0) is 20.7 Å². The van der Waals surface area contributed by atoms with E-state index in [1.165, 1.54) is 23.8 Å². The van der Waals surface area contributed by atoms with Gasteiger partial charge in [-0.15, -0.1) is 0 Å². The molecule has 31 heavy (non-hydrogen) atoms. The fraction of sp³-hybridized carbons (Fsp3) is 0.520. The Morgan fingerprint density at radius 3 is 3.03 bits per heavy atom. The fourth-order valence-electron chi connectivity index (χ4n) is 5.54. The molecular weight excluding hydrogens is 390 g/mol. The van der Waals surface area contributed by atoms with Crippen LogP contribution >= 0.6 is 0 Å². The number of benzene rings is 1. The third kappa shape index (κ3) is 3.47. The molecule has 5 rings (SSSR count). The van der Waals surface area contributed by atoms with Gasteiger partial charge < -0.3 is 19.9 Å². The molecule has 6 heteroatoms. The molecule has 2 amide bonds. The van der Waals surface area contributed by atoms with Crippen LogP contribution in [0.3, 0.4) is 0 Å². The van der Waals surface area contributed by atoms with E-state index in [0.29, 0.717) is 19.6 Å². The van der Waals surface area contributed by atoms with Crippen molar-refractivity contribution in [3.05, 3.63) is 48.2 Å². The second-order valence-corrected chi connectivity index (χ2v) is 9.12. The number of aromatic amines is 1. The number of carbonyl (C=O) groups is 2. The van der Waals surface area contributed by atoms with Crippen molar-refractivity contribution in [3.63, 3.8) is 0 Å². The molecule has 1 aromatic carbocycles. The maximum Gasteiger partial charge on any atom is 0.230 e. The van der Waals surface area contributed by atoms with Gasteiger partial charge in [0.15, 0.2) is 0 Å². The molecule has 2 bridgehead atoms. The average molecular weight is 422 g/mol. The van der Waals surface area contributed by atoms with Crippen molar-refractivity contribution in [1.82, 2.24) is 15.2 Å². The van der Waals surface area contributed by atoms with Gasteiger partial charge in [0.2, 0.25) is 11.8 Å². The van der Waals surface area contributed by atoms with Gasteiger partial charge in [0.25, 0.3) is 0 Å². The molecule has 1 spiro atoms. The minimum absolute atomic E-state index is 0.0375. The van der Waals surface area contributed by atoms with Crippen LogP contribution in [-0.4, -0.2) is 53.0 Å². The summed E-state index contributed by atoms with van der Waals surface area (Å²) in [6.45, 7) is 4.01. The summed E-state index contributed by atoms with van der Waals surface area (Å²) in [5.41, 5.74) is 1.69. The molecule has 2 N–H and O–H groups in total. The van der Waals surface area contributed by atoms with Crippen LogP contribution in [0.2, 0.25) is 0 Å². The lowest BCUT2D eigenvalue weighted by Crippen LogP contribution is -2.44. The van der Waals surface area contributed by atoms with Gasteiger partial charge >= 0.3 is 0 Å². The van der Waals surface area contributed by atoms with Crippen molar-refractivity contribution in [3.8, 4) is 0 Å². The van der Waals surface area contributed by atoms with Crippen LogP contribution in [0.1, 0.15) is 38.2 Å². The second-order valence-electron chi connectivity index (χ2n) is 9.12. The smallest absolute Gasteiger partial charge is 0.230 e.